The third-order valence-electron chi connectivity index (χ3n) is 2.50. The molecule has 7 heteroatoms. The number of carbonyl (C=O) groups excluding carboxylic acids is 1. The van der Waals surface area contributed by atoms with E-state index in [-0.39, 0.29) is 17.4 Å². The van der Waals surface area contributed by atoms with Crippen LogP contribution >= 0.6 is 0 Å². The molecule has 16 heavy (non-hydrogen) atoms. The summed E-state index contributed by atoms with van der Waals surface area (Å²) in [6.07, 6.45) is -0.410. The van der Waals surface area contributed by atoms with Crippen LogP contribution in [0.25, 0.3) is 0 Å². The van der Waals surface area contributed by atoms with E-state index in [1.807, 2.05) is 0 Å². The Bertz CT molecular complexity index is 341. The monoisotopic (exact) mass is 250 g/mol. The van der Waals surface area contributed by atoms with E-state index in [1.165, 1.54) is 0 Å². The SMILES string of the molecule is CCC(=O)NCCN[C@@H]1CS(=O)(=O)C[C@H]1O. The first-order valence-electron chi connectivity index (χ1n) is 5.33. The van der Waals surface area contributed by atoms with Crippen molar-refractivity contribution in [1.29, 1.82) is 0 Å². The van der Waals surface area contributed by atoms with Crippen molar-refractivity contribution in [2.45, 2.75) is 25.5 Å². The first-order valence-corrected chi connectivity index (χ1v) is 7.15. The number of aliphatic hydroxyl groups excluding tert-OH is 1. The van der Waals surface area contributed by atoms with Crippen LogP contribution in [0.15, 0.2) is 0 Å². The van der Waals surface area contributed by atoms with Gasteiger partial charge in [-0.05, 0) is 0 Å². The number of sulfone groups is 1. The van der Waals surface area contributed by atoms with E-state index in [9.17, 15) is 18.3 Å². The Morgan fingerprint density at radius 1 is 1.38 bits per heavy atom. The second-order valence-electron chi connectivity index (χ2n) is 3.91. The van der Waals surface area contributed by atoms with E-state index in [2.05, 4.69) is 10.6 Å². The van der Waals surface area contributed by atoms with Crippen LogP contribution in [-0.2, 0) is 14.6 Å². The van der Waals surface area contributed by atoms with Crippen molar-refractivity contribution in [1.82, 2.24) is 10.6 Å². The molecule has 0 saturated carbocycles. The van der Waals surface area contributed by atoms with Crippen LogP contribution in [0.2, 0.25) is 0 Å². The van der Waals surface area contributed by atoms with E-state index < -0.39 is 22.0 Å². The molecule has 0 unspecified atom stereocenters. The number of amides is 1. The molecule has 1 rings (SSSR count). The molecule has 0 aliphatic carbocycles. The summed E-state index contributed by atoms with van der Waals surface area (Å²) in [7, 11) is -3.10. The predicted molar refractivity (Wildman–Crippen MR) is 59.8 cm³/mol. The van der Waals surface area contributed by atoms with Crippen LogP contribution < -0.4 is 10.6 Å². The smallest absolute Gasteiger partial charge is 0.219 e. The molecule has 6 nitrogen and oxygen atoms in total. The molecule has 0 spiro atoms. The Morgan fingerprint density at radius 3 is 2.56 bits per heavy atom. The Labute approximate surface area is 95.3 Å². The van der Waals surface area contributed by atoms with E-state index in [4.69, 9.17) is 0 Å². The van der Waals surface area contributed by atoms with E-state index >= 15 is 0 Å². The van der Waals surface area contributed by atoms with Gasteiger partial charge in [0.1, 0.15) is 0 Å². The van der Waals surface area contributed by atoms with Crippen molar-refractivity contribution in [3.63, 3.8) is 0 Å². The molecule has 0 radical (unpaired) electrons. The zero-order valence-electron chi connectivity index (χ0n) is 9.27. The maximum Gasteiger partial charge on any atom is 0.219 e. The zero-order valence-corrected chi connectivity index (χ0v) is 10.1. The summed E-state index contributed by atoms with van der Waals surface area (Å²) in [6.45, 7) is 2.66. The fourth-order valence-electron chi connectivity index (χ4n) is 1.61. The number of hydrogen-bond acceptors (Lipinski definition) is 5. The molecule has 1 amide bonds. The molecule has 0 aromatic carbocycles. The fraction of sp³-hybridized carbons (Fsp3) is 0.889. The summed E-state index contributed by atoms with van der Waals surface area (Å²) in [5.41, 5.74) is 0. The van der Waals surface area contributed by atoms with Crippen molar-refractivity contribution >= 4 is 15.7 Å². The van der Waals surface area contributed by atoms with Gasteiger partial charge in [0.15, 0.2) is 9.84 Å². The third-order valence-corrected chi connectivity index (χ3v) is 4.21. The summed E-state index contributed by atoms with van der Waals surface area (Å²) in [5.74, 6) is -0.247. The molecule has 0 aromatic rings. The van der Waals surface area contributed by atoms with Crippen molar-refractivity contribution in [2.24, 2.45) is 0 Å². The standard InChI is InChI=1S/C9H18N2O4S/c1-2-9(13)11-4-3-10-7-5-16(14,15)6-8(7)12/h7-8,10,12H,2-6H2,1H3,(H,11,13)/t7-,8-/m1/s1. The lowest BCUT2D eigenvalue weighted by Gasteiger charge is -2.14. The highest BCUT2D eigenvalue weighted by Crippen LogP contribution is 2.11. The predicted octanol–water partition coefficient (Wildman–Crippen LogP) is -1.74. The molecule has 0 bridgehead atoms. The Morgan fingerprint density at radius 2 is 2.06 bits per heavy atom. The number of carbonyl (C=O) groups is 1. The van der Waals surface area contributed by atoms with Gasteiger partial charge in [0.05, 0.1) is 17.6 Å². The highest BCUT2D eigenvalue weighted by atomic mass is 32.2. The molecule has 2 atom stereocenters. The van der Waals surface area contributed by atoms with Gasteiger partial charge in [-0.25, -0.2) is 8.42 Å². The van der Waals surface area contributed by atoms with Crippen molar-refractivity contribution in [3.05, 3.63) is 0 Å². The van der Waals surface area contributed by atoms with Gasteiger partial charge < -0.3 is 15.7 Å². The molecule has 1 aliphatic heterocycles. The van der Waals surface area contributed by atoms with Crippen molar-refractivity contribution in [3.8, 4) is 0 Å². The van der Waals surface area contributed by atoms with Crippen LogP contribution in [0, 0.1) is 0 Å². The van der Waals surface area contributed by atoms with Gasteiger partial charge in [0, 0.05) is 25.6 Å². The third kappa shape index (κ3) is 4.07. The van der Waals surface area contributed by atoms with Gasteiger partial charge in [-0.1, -0.05) is 6.92 Å². The average Bonchev–Trinajstić information content (AvgIpc) is 2.46. The zero-order chi connectivity index (χ0) is 12.2. The lowest BCUT2D eigenvalue weighted by Crippen LogP contribution is -2.42. The van der Waals surface area contributed by atoms with Gasteiger partial charge in [0.2, 0.25) is 5.91 Å². The van der Waals surface area contributed by atoms with E-state index in [0.29, 0.717) is 19.5 Å². The minimum atomic E-state index is -3.10. The average molecular weight is 250 g/mol. The molecule has 1 heterocycles. The summed E-state index contributed by atoms with van der Waals surface area (Å²) >= 11 is 0. The van der Waals surface area contributed by atoms with Crippen LogP contribution in [0.4, 0.5) is 0 Å². The number of hydrogen-bond donors (Lipinski definition) is 3. The second-order valence-corrected chi connectivity index (χ2v) is 6.06. The molecule has 0 aromatic heterocycles. The molecular weight excluding hydrogens is 232 g/mol. The van der Waals surface area contributed by atoms with Gasteiger partial charge in [0.25, 0.3) is 0 Å². The lowest BCUT2D eigenvalue weighted by molar-refractivity contribution is -0.120. The molecule has 1 fully saturated rings. The molecule has 94 valence electrons. The topological polar surface area (TPSA) is 95.5 Å². The molecule has 3 N–H and O–H groups in total. The molecular formula is C9H18N2O4S. The van der Waals surface area contributed by atoms with Gasteiger partial charge in [-0.15, -0.1) is 0 Å². The van der Waals surface area contributed by atoms with Crippen LogP contribution in [0.1, 0.15) is 13.3 Å². The van der Waals surface area contributed by atoms with Crippen molar-refractivity contribution in [2.75, 3.05) is 24.6 Å². The van der Waals surface area contributed by atoms with Crippen LogP contribution in [-0.4, -0.2) is 56.2 Å². The highest BCUT2D eigenvalue weighted by molar-refractivity contribution is 7.91. The molecule has 1 saturated heterocycles. The van der Waals surface area contributed by atoms with E-state index in [0.717, 1.165) is 0 Å². The van der Waals surface area contributed by atoms with Crippen LogP contribution in [0.5, 0.6) is 0 Å². The van der Waals surface area contributed by atoms with Gasteiger partial charge in [-0.3, -0.25) is 4.79 Å². The van der Waals surface area contributed by atoms with Crippen LogP contribution in [0.3, 0.4) is 0 Å². The van der Waals surface area contributed by atoms with Gasteiger partial charge >= 0.3 is 0 Å². The maximum absolute atomic E-state index is 11.2. The molecule has 1 aliphatic rings. The summed E-state index contributed by atoms with van der Waals surface area (Å²) in [6, 6.07) is -0.413. The minimum absolute atomic E-state index is 0.0319. The quantitative estimate of drug-likeness (QED) is 0.503. The lowest BCUT2D eigenvalue weighted by atomic mass is 10.2. The highest BCUT2D eigenvalue weighted by Gasteiger charge is 2.35. The minimum Gasteiger partial charge on any atom is -0.390 e. The Hall–Kier alpha value is -0.660. The van der Waals surface area contributed by atoms with Gasteiger partial charge in [-0.2, -0.15) is 0 Å². The first-order chi connectivity index (χ1) is 7.44. The largest absolute Gasteiger partial charge is 0.390 e. The Balaban J connectivity index is 2.21. The number of rotatable bonds is 5. The summed E-state index contributed by atoms with van der Waals surface area (Å²) in [5, 5.41) is 15.0. The maximum atomic E-state index is 11.2. The second kappa shape index (κ2) is 5.60. The summed E-state index contributed by atoms with van der Waals surface area (Å²) in [4.78, 5) is 10.9. The Kier molecular flexibility index (Phi) is 4.69. The van der Waals surface area contributed by atoms with E-state index in [1.54, 1.807) is 6.92 Å². The fourth-order valence-corrected chi connectivity index (χ4v) is 3.38. The normalized spacial score (nSPS) is 27.9. The first kappa shape index (κ1) is 13.4. The number of aliphatic hydroxyl groups is 1. The van der Waals surface area contributed by atoms with Crippen molar-refractivity contribution < 1.29 is 18.3 Å². The number of nitrogens with one attached hydrogen (secondary N) is 2. The summed E-state index contributed by atoms with van der Waals surface area (Å²) < 4.78 is 22.3.